The van der Waals surface area contributed by atoms with Gasteiger partial charge in [0, 0.05) is 34.4 Å². The maximum atomic E-state index is 12.4. The van der Waals surface area contributed by atoms with E-state index in [4.69, 9.17) is 10.00 Å². The van der Waals surface area contributed by atoms with E-state index in [-0.39, 0.29) is 5.91 Å². The molecule has 7 nitrogen and oxygen atoms in total. The quantitative estimate of drug-likeness (QED) is 0.633. The first kappa shape index (κ1) is 19.8. The Balaban J connectivity index is 1.68. The molecule has 1 N–H and O–H groups in total. The monoisotopic (exact) mass is 441 g/mol. The van der Waals surface area contributed by atoms with Gasteiger partial charge in [0.05, 0.1) is 13.3 Å². The number of fused-ring (bicyclic) bond motifs is 1. The molecule has 0 aliphatic heterocycles. The number of aromatic nitrogens is 3. The number of nitriles is 1. The summed E-state index contributed by atoms with van der Waals surface area (Å²) in [4.78, 5) is 16.9. The van der Waals surface area contributed by atoms with Crippen molar-refractivity contribution in [1.29, 1.82) is 5.26 Å². The molecular weight excluding hydrogens is 422 g/mol. The Morgan fingerprint density at radius 3 is 2.89 bits per heavy atom. The predicted octanol–water partition coefficient (Wildman–Crippen LogP) is 3.24. The van der Waals surface area contributed by atoms with Crippen LogP contribution < -0.4 is 10.1 Å². The third-order valence-corrected chi connectivity index (χ3v) is 5.14. The fourth-order valence-electron chi connectivity index (χ4n) is 3.16. The number of nitrogens with one attached hydrogen (secondary N) is 1. The normalized spacial score (nSPS) is 10.7. The average Bonchev–Trinajstić information content (AvgIpc) is 3.09. The van der Waals surface area contributed by atoms with Crippen molar-refractivity contribution < 1.29 is 9.53 Å². The number of ether oxygens (including phenoxy) is 1. The van der Waals surface area contributed by atoms with E-state index >= 15 is 0 Å². The number of rotatable bonds is 6. The number of halogens is 1. The van der Waals surface area contributed by atoms with E-state index in [2.05, 4.69) is 37.4 Å². The van der Waals surface area contributed by atoms with Gasteiger partial charge >= 0.3 is 0 Å². The number of methoxy groups -OCH3 is 1. The van der Waals surface area contributed by atoms with Gasteiger partial charge in [0.25, 0.3) is 0 Å². The second kappa shape index (κ2) is 8.40. The molecule has 0 saturated heterocycles. The minimum absolute atomic E-state index is 0.0564. The van der Waals surface area contributed by atoms with Gasteiger partial charge in [-0.05, 0) is 44.0 Å². The lowest BCUT2D eigenvalue weighted by atomic mass is 10.1. The first-order valence-corrected chi connectivity index (χ1v) is 9.57. The van der Waals surface area contributed by atoms with E-state index in [1.807, 2.05) is 32.0 Å². The van der Waals surface area contributed by atoms with E-state index in [0.29, 0.717) is 30.6 Å². The molecule has 3 rings (SSSR count). The Labute approximate surface area is 171 Å². The summed E-state index contributed by atoms with van der Waals surface area (Å²) in [6.07, 6.45) is 2.39. The molecule has 0 unspecified atom stereocenters. The van der Waals surface area contributed by atoms with Gasteiger partial charge in [-0.1, -0.05) is 15.9 Å². The lowest BCUT2D eigenvalue weighted by Gasteiger charge is -2.12. The number of nitrogens with zero attached hydrogens (tertiary/aromatic N) is 4. The summed E-state index contributed by atoms with van der Waals surface area (Å²) in [6, 6.07) is 7.78. The zero-order valence-corrected chi connectivity index (χ0v) is 17.5. The highest BCUT2D eigenvalue weighted by molar-refractivity contribution is 9.10. The molecule has 144 valence electrons. The Morgan fingerprint density at radius 2 is 2.18 bits per heavy atom. The fraction of sp³-hybridized carbons (Fsp3) is 0.300. The summed E-state index contributed by atoms with van der Waals surface area (Å²) < 4.78 is 7.92. The summed E-state index contributed by atoms with van der Waals surface area (Å²) in [7, 11) is 1.61. The summed E-state index contributed by atoms with van der Waals surface area (Å²) in [5, 5.41) is 16.3. The van der Waals surface area contributed by atoms with Gasteiger partial charge in [0.15, 0.2) is 5.65 Å². The SMILES string of the molecule is COc1ccc(Br)cc1CNC(=O)CCc1c(C)nc2c(C#N)cnn2c1C. The van der Waals surface area contributed by atoms with Crippen LogP contribution in [0.5, 0.6) is 5.75 Å². The summed E-state index contributed by atoms with van der Waals surface area (Å²) in [5.41, 5.74) is 4.57. The highest BCUT2D eigenvalue weighted by Gasteiger charge is 2.15. The van der Waals surface area contributed by atoms with Crippen LogP contribution in [0.4, 0.5) is 0 Å². The molecule has 28 heavy (non-hydrogen) atoms. The highest BCUT2D eigenvalue weighted by Crippen LogP contribution is 2.23. The number of aryl methyl sites for hydroxylation is 2. The molecule has 0 aliphatic rings. The van der Waals surface area contributed by atoms with Crippen LogP contribution in [0, 0.1) is 25.2 Å². The third kappa shape index (κ3) is 3.99. The molecule has 0 saturated carbocycles. The molecule has 0 bridgehead atoms. The lowest BCUT2D eigenvalue weighted by molar-refractivity contribution is -0.121. The summed E-state index contributed by atoms with van der Waals surface area (Å²) >= 11 is 3.43. The number of carbonyl (C=O) groups is 1. The highest BCUT2D eigenvalue weighted by atomic mass is 79.9. The Bertz CT molecular complexity index is 1080. The summed E-state index contributed by atoms with van der Waals surface area (Å²) in [5.74, 6) is 0.677. The van der Waals surface area contributed by atoms with Gasteiger partial charge in [-0.15, -0.1) is 0 Å². The van der Waals surface area contributed by atoms with Gasteiger partial charge in [-0.3, -0.25) is 4.79 Å². The van der Waals surface area contributed by atoms with Crippen LogP contribution in [-0.2, 0) is 17.8 Å². The van der Waals surface area contributed by atoms with Crippen LogP contribution in [0.2, 0.25) is 0 Å². The molecule has 0 atom stereocenters. The van der Waals surface area contributed by atoms with Crippen molar-refractivity contribution >= 4 is 27.5 Å². The zero-order valence-electron chi connectivity index (χ0n) is 15.9. The molecule has 1 amide bonds. The molecule has 0 radical (unpaired) electrons. The smallest absolute Gasteiger partial charge is 0.220 e. The van der Waals surface area contributed by atoms with Gasteiger partial charge in [-0.2, -0.15) is 10.4 Å². The fourth-order valence-corrected chi connectivity index (χ4v) is 3.57. The molecule has 0 fully saturated rings. The Morgan fingerprint density at radius 1 is 1.39 bits per heavy atom. The summed E-state index contributed by atoms with van der Waals surface area (Å²) in [6.45, 7) is 4.21. The van der Waals surface area contributed by atoms with Gasteiger partial charge < -0.3 is 10.1 Å². The van der Waals surface area contributed by atoms with Crippen molar-refractivity contribution in [2.45, 2.75) is 33.2 Å². The Hall–Kier alpha value is -2.92. The first-order valence-electron chi connectivity index (χ1n) is 8.77. The second-order valence-electron chi connectivity index (χ2n) is 6.40. The molecule has 2 aromatic heterocycles. The minimum Gasteiger partial charge on any atom is -0.496 e. The molecule has 1 aromatic carbocycles. The topological polar surface area (TPSA) is 92.3 Å². The number of amides is 1. The molecule has 3 aromatic rings. The van der Waals surface area contributed by atoms with E-state index < -0.39 is 0 Å². The molecule has 0 aliphatic carbocycles. The van der Waals surface area contributed by atoms with E-state index in [1.54, 1.807) is 11.6 Å². The molecule has 8 heteroatoms. The Kier molecular flexibility index (Phi) is 5.95. The van der Waals surface area contributed by atoms with Gasteiger partial charge in [0.1, 0.15) is 17.4 Å². The van der Waals surface area contributed by atoms with Gasteiger partial charge in [-0.25, -0.2) is 9.50 Å². The maximum Gasteiger partial charge on any atom is 0.220 e. The lowest BCUT2D eigenvalue weighted by Crippen LogP contribution is -2.23. The van der Waals surface area contributed by atoms with Crippen molar-refractivity contribution in [3.63, 3.8) is 0 Å². The largest absolute Gasteiger partial charge is 0.496 e. The first-order chi connectivity index (χ1) is 13.4. The number of benzene rings is 1. The van der Waals surface area contributed by atoms with Gasteiger partial charge in [0.2, 0.25) is 5.91 Å². The van der Waals surface area contributed by atoms with Crippen LogP contribution in [-0.4, -0.2) is 27.6 Å². The standard InChI is InChI=1S/C20H20BrN5O2/c1-12-17(13(2)26-20(25-12)15(9-22)11-24-26)5-7-19(27)23-10-14-8-16(21)4-6-18(14)28-3/h4,6,8,11H,5,7,10H2,1-3H3,(H,23,27). The van der Waals surface area contributed by atoms with Crippen LogP contribution in [0.25, 0.3) is 5.65 Å². The second-order valence-corrected chi connectivity index (χ2v) is 7.32. The number of carbonyl (C=O) groups excluding carboxylic acids is 1. The predicted molar refractivity (Wildman–Crippen MR) is 108 cm³/mol. The van der Waals surface area contributed by atoms with Crippen LogP contribution in [0.3, 0.4) is 0 Å². The zero-order chi connectivity index (χ0) is 20.3. The minimum atomic E-state index is -0.0564. The van der Waals surface area contributed by atoms with Crippen LogP contribution >= 0.6 is 15.9 Å². The van der Waals surface area contributed by atoms with Crippen molar-refractivity contribution in [2.24, 2.45) is 0 Å². The third-order valence-electron chi connectivity index (χ3n) is 4.65. The van der Waals surface area contributed by atoms with Crippen molar-refractivity contribution in [3.8, 4) is 11.8 Å². The van der Waals surface area contributed by atoms with E-state index in [9.17, 15) is 4.79 Å². The maximum absolute atomic E-state index is 12.4. The van der Waals surface area contributed by atoms with Crippen molar-refractivity contribution in [3.05, 3.63) is 56.9 Å². The van der Waals surface area contributed by atoms with E-state index in [0.717, 1.165) is 32.7 Å². The van der Waals surface area contributed by atoms with Crippen LogP contribution in [0.1, 0.15) is 34.5 Å². The number of hydrogen-bond acceptors (Lipinski definition) is 5. The average molecular weight is 442 g/mol. The molecular formula is C20H20BrN5O2. The molecule has 0 spiro atoms. The van der Waals surface area contributed by atoms with Crippen molar-refractivity contribution in [2.75, 3.05) is 7.11 Å². The van der Waals surface area contributed by atoms with Crippen molar-refractivity contribution in [1.82, 2.24) is 19.9 Å². The van der Waals surface area contributed by atoms with Crippen LogP contribution in [0.15, 0.2) is 28.9 Å². The van der Waals surface area contributed by atoms with E-state index in [1.165, 1.54) is 6.20 Å². The molecule has 2 heterocycles. The number of hydrogen-bond donors (Lipinski definition) is 1.